The lowest BCUT2D eigenvalue weighted by molar-refractivity contribution is -0.385. The fourth-order valence-electron chi connectivity index (χ4n) is 3.38. The van der Waals surface area contributed by atoms with Gasteiger partial charge in [-0.2, -0.15) is 0 Å². The van der Waals surface area contributed by atoms with Crippen LogP contribution >= 0.6 is 0 Å². The molecule has 3 aromatic rings. The average Bonchev–Trinajstić information content (AvgIpc) is 3.11. The molecule has 2 heterocycles. The van der Waals surface area contributed by atoms with E-state index in [2.05, 4.69) is 4.98 Å². The van der Waals surface area contributed by atoms with E-state index in [-0.39, 0.29) is 17.7 Å². The van der Waals surface area contributed by atoms with Crippen LogP contribution < -0.4 is 0 Å². The van der Waals surface area contributed by atoms with Gasteiger partial charge in [-0.3, -0.25) is 24.6 Å². The standard InChI is InChI=1S/C18H13FN4O4/c1-2-21-13-7-6-10(19)8-12(13)20-15(21)9-22-17(24)11-4-3-5-14(23(26)27)16(11)18(22)25/h3-8H,2,9H2,1H3. The van der Waals surface area contributed by atoms with Crippen molar-refractivity contribution in [3.8, 4) is 0 Å². The van der Waals surface area contributed by atoms with Crippen molar-refractivity contribution in [2.45, 2.75) is 20.0 Å². The predicted octanol–water partition coefficient (Wildman–Crippen LogP) is 2.90. The Morgan fingerprint density at radius 3 is 2.67 bits per heavy atom. The SMILES string of the molecule is CCn1c(CN2C(=O)c3cccc([N+](=O)[O-])c3C2=O)nc2cc(F)ccc21. The molecule has 0 bridgehead atoms. The monoisotopic (exact) mass is 368 g/mol. The Bertz CT molecular complexity index is 1140. The van der Waals surface area contributed by atoms with E-state index in [1.807, 2.05) is 6.92 Å². The molecule has 0 fully saturated rings. The molecule has 136 valence electrons. The first-order valence-corrected chi connectivity index (χ1v) is 8.20. The van der Waals surface area contributed by atoms with E-state index >= 15 is 0 Å². The number of imidazole rings is 1. The summed E-state index contributed by atoms with van der Waals surface area (Å²) in [7, 11) is 0. The molecule has 0 N–H and O–H groups in total. The van der Waals surface area contributed by atoms with Crippen LogP contribution in [0.2, 0.25) is 0 Å². The second kappa shape index (κ2) is 5.97. The molecule has 1 aromatic heterocycles. The molecule has 0 radical (unpaired) electrons. The van der Waals surface area contributed by atoms with E-state index in [1.54, 1.807) is 10.6 Å². The summed E-state index contributed by atoms with van der Waals surface area (Å²) in [5, 5.41) is 11.2. The summed E-state index contributed by atoms with van der Waals surface area (Å²) >= 11 is 0. The van der Waals surface area contributed by atoms with Gasteiger partial charge in [0.1, 0.15) is 17.2 Å². The number of nitrogens with zero attached hydrogens (tertiary/aromatic N) is 4. The van der Waals surface area contributed by atoms with Gasteiger partial charge in [-0.05, 0) is 25.1 Å². The predicted molar refractivity (Wildman–Crippen MR) is 92.7 cm³/mol. The zero-order chi connectivity index (χ0) is 19.3. The number of carbonyl (C=O) groups excluding carboxylic acids is 2. The number of rotatable bonds is 4. The van der Waals surface area contributed by atoms with Gasteiger partial charge in [0.05, 0.1) is 28.1 Å². The fourth-order valence-corrected chi connectivity index (χ4v) is 3.38. The Kier molecular flexibility index (Phi) is 3.72. The highest BCUT2D eigenvalue weighted by Gasteiger charge is 2.41. The second-order valence-electron chi connectivity index (χ2n) is 6.06. The first-order valence-electron chi connectivity index (χ1n) is 8.20. The Morgan fingerprint density at radius 2 is 1.96 bits per heavy atom. The molecule has 2 amide bonds. The third kappa shape index (κ3) is 2.47. The molecule has 0 aliphatic carbocycles. The molecule has 27 heavy (non-hydrogen) atoms. The van der Waals surface area contributed by atoms with Crippen LogP contribution in [0.15, 0.2) is 36.4 Å². The molecule has 8 nitrogen and oxygen atoms in total. The lowest BCUT2D eigenvalue weighted by Crippen LogP contribution is -2.30. The number of hydrogen-bond donors (Lipinski definition) is 0. The molecule has 4 rings (SSSR count). The maximum atomic E-state index is 13.5. The first kappa shape index (κ1) is 16.8. The van der Waals surface area contributed by atoms with Crippen molar-refractivity contribution in [3.05, 3.63) is 69.3 Å². The van der Waals surface area contributed by atoms with Gasteiger partial charge in [-0.15, -0.1) is 0 Å². The Balaban J connectivity index is 1.77. The lowest BCUT2D eigenvalue weighted by atomic mass is 10.1. The maximum absolute atomic E-state index is 13.5. The van der Waals surface area contributed by atoms with Gasteiger partial charge in [-0.1, -0.05) is 6.07 Å². The number of hydrogen-bond acceptors (Lipinski definition) is 5. The molecule has 2 aromatic carbocycles. The van der Waals surface area contributed by atoms with Crippen LogP contribution in [0, 0.1) is 15.9 Å². The minimum absolute atomic E-state index is 0.000552. The maximum Gasteiger partial charge on any atom is 0.282 e. The first-order chi connectivity index (χ1) is 12.9. The Hall–Kier alpha value is -3.62. The van der Waals surface area contributed by atoms with Crippen LogP contribution in [0.3, 0.4) is 0 Å². The molecule has 1 aliphatic heterocycles. The highest BCUT2D eigenvalue weighted by molar-refractivity contribution is 6.23. The molecule has 0 saturated carbocycles. The van der Waals surface area contributed by atoms with Gasteiger partial charge in [0.2, 0.25) is 0 Å². The molecule has 0 unspecified atom stereocenters. The number of benzene rings is 2. The van der Waals surface area contributed by atoms with Gasteiger partial charge in [0.25, 0.3) is 17.5 Å². The van der Waals surface area contributed by atoms with Crippen LogP contribution in [0.4, 0.5) is 10.1 Å². The van der Waals surface area contributed by atoms with Gasteiger partial charge < -0.3 is 4.57 Å². The summed E-state index contributed by atoms with van der Waals surface area (Å²) in [4.78, 5) is 41.1. The van der Waals surface area contributed by atoms with Crippen molar-refractivity contribution in [2.75, 3.05) is 0 Å². The van der Waals surface area contributed by atoms with E-state index < -0.39 is 28.2 Å². The number of aromatic nitrogens is 2. The van der Waals surface area contributed by atoms with Gasteiger partial charge in [-0.25, -0.2) is 9.37 Å². The van der Waals surface area contributed by atoms with Crippen LogP contribution in [-0.2, 0) is 13.1 Å². The molecule has 0 saturated heterocycles. The highest BCUT2D eigenvalue weighted by atomic mass is 19.1. The number of imide groups is 1. The van der Waals surface area contributed by atoms with Crippen LogP contribution in [0.1, 0.15) is 33.5 Å². The Morgan fingerprint density at radius 1 is 1.19 bits per heavy atom. The number of carbonyl (C=O) groups is 2. The van der Waals surface area contributed by atoms with Crippen LogP contribution in [0.5, 0.6) is 0 Å². The quantitative estimate of drug-likeness (QED) is 0.401. The van der Waals surface area contributed by atoms with Crippen LogP contribution in [-0.4, -0.2) is 31.2 Å². The minimum Gasteiger partial charge on any atom is -0.327 e. The summed E-state index contributed by atoms with van der Waals surface area (Å²) in [6, 6.07) is 8.12. The van der Waals surface area contributed by atoms with E-state index in [0.29, 0.717) is 23.4 Å². The van der Waals surface area contributed by atoms with Crippen molar-refractivity contribution in [2.24, 2.45) is 0 Å². The van der Waals surface area contributed by atoms with Gasteiger partial charge in [0, 0.05) is 18.7 Å². The fraction of sp³-hybridized carbons (Fsp3) is 0.167. The summed E-state index contributed by atoms with van der Waals surface area (Å²) in [6.45, 7) is 2.20. The third-order valence-corrected chi connectivity index (χ3v) is 4.58. The molecule has 9 heteroatoms. The molecule has 1 aliphatic rings. The smallest absolute Gasteiger partial charge is 0.282 e. The molecular weight excluding hydrogens is 355 g/mol. The normalized spacial score (nSPS) is 13.5. The topological polar surface area (TPSA) is 98.3 Å². The second-order valence-corrected chi connectivity index (χ2v) is 6.06. The van der Waals surface area contributed by atoms with E-state index in [0.717, 1.165) is 4.90 Å². The molecule has 0 atom stereocenters. The minimum atomic E-state index is -0.733. The van der Waals surface area contributed by atoms with Crippen molar-refractivity contribution >= 4 is 28.5 Å². The number of nitro benzene ring substituents is 1. The van der Waals surface area contributed by atoms with Crippen molar-refractivity contribution in [3.63, 3.8) is 0 Å². The number of aryl methyl sites for hydroxylation is 1. The zero-order valence-electron chi connectivity index (χ0n) is 14.2. The number of halogens is 1. The zero-order valence-corrected chi connectivity index (χ0v) is 14.2. The van der Waals surface area contributed by atoms with Crippen molar-refractivity contribution in [1.29, 1.82) is 0 Å². The third-order valence-electron chi connectivity index (χ3n) is 4.58. The summed E-state index contributed by atoms with van der Waals surface area (Å²) < 4.78 is 15.2. The Labute approximate surface area is 152 Å². The summed E-state index contributed by atoms with van der Waals surface area (Å²) in [5.74, 6) is -1.39. The van der Waals surface area contributed by atoms with E-state index in [4.69, 9.17) is 0 Å². The van der Waals surface area contributed by atoms with E-state index in [9.17, 15) is 24.1 Å². The van der Waals surface area contributed by atoms with Gasteiger partial charge in [0.15, 0.2) is 0 Å². The van der Waals surface area contributed by atoms with E-state index in [1.165, 1.54) is 30.3 Å². The average molecular weight is 368 g/mol. The lowest BCUT2D eigenvalue weighted by Gasteiger charge is -2.14. The van der Waals surface area contributed by atoms with Crippen molar-refractivity contribution in [1.82, 2.24) is 14.5 Å². The molecule has 0 spiro atoms. The molecular formula is C18H13FN4O4. The number of nitro groups is 1. The summed E-state index contributed by atoms with van der Waals surface area (Å²) in [6.07, 6.45) is 0. The summed E-state index contributed by atoms with van der Waals surface area (Å²) in [5.41, 5.74) is 0.474. The largest absolute Gasteiger partial charge is 0.327 e. The number of fused-ring (bicyclic) bond motifs is 2. The van der Waals surface area contributed by atoms with Crippen molar-refractivity contribution < 1.29 is 18.9 Å². The van der Waals surface area contributed by atoms with Gasteiger partial charge >= 0.3 is 0 Å². The van der Waals surface area contributed by atoms with Crippen LogP contribution in [0.25, 0.3) is 11.0 Å². The number of amides is 2. The highest BCUT2D eigenvalue weighted by Crippen LogP contribution is 2.32.